The Hall–Kier alpha value is 0.260. The molecule has 2 aromatic rings. The maximum absolute atomic E-state index is 2.38. The molecule has 0 heterocycles. The number of benzene rings is 2. The Morgan fingerprint density at radius 3 is 1.21 bits per heavy atom. The molecule has 0 nitrogen and oxygen atoms in total. The molecule has 4 heteroatoms. The first-order valence-electron chi connectivity index (χ1n) is 8.34. The molecular weight excluding hydrogens is 462 g/mol. The highest BCUT2D eigenvalue weighted by molar-refractivity contribution is 8.93. The smallest absolute Gasteiger partial charge is 0.00731 e. The second-order valence-corrected chi connectivity index (χ2v) is 11.2. The van der Waals surface area contributed by atoms with Crippen molar-refractivity contribution in [3.63, 3.8) is 0 Å². The van der Waals surface area contributed by atoms with E-state index in [-0.39, 0.29) is 49.8 Å². The van der Waals surface area contributed by atoms with Gasteiger partial charge in [-0.15, -0.1) is 49.8 Å². The molecule has 2 aromatic carbocycles. The van der Waals surface area contributed by atoms with Gasteiger partial charge in [0.05, 0.1) is 0 Å². The summed E-state index contributed by atoms with van der Waals surface area (Å²) in [6, 6.07) is 22.1. The zero-order valence-electron chi connectivity index (χ0n) is 14.7. The van der Waals surface area contributed by atoms with Crippen LogP contribution in [0.1, 0.15) is 25.0 Å². The number of halogens is 2. The van der Waals surface area contributed by atoms with E-state index in [1.807, 2.05) is 0 Å². The topological polar surface area (TPSA) is 0 Å². The molecule has 0 aliphatic carbocycles. The van der Waals surface area contributed by atoms with E-state index < -0.39 is 0 Å². The van der Waals surface area contributed by atoms with Gasteiger partial charge in [-0.2, -0.15) is 0 Å². The predicted molar refractivity (Wildman–Crippen MR) is 126 cm³/mol. The fraction of sp³-hybridized carbons (Fsp3) is 0.400. The zero-order chi connectivity index (χ0) is 15.6. The van der Waals surface area contributed by atoms with Gasteiger partial charge in [-0.05, 0) is 48.1 Å². The molecule has 2 rings (SSSR count). The van der Waals surface area contributed by atoms with Crippen LogP contribution in [0.3, 0.4) is 0 Å². The lowest BCUT2D eigenvalue weighted by molar-refractivity contribution is 1.28. The predicted octanol–water partition coefficient (Wildman–Crippen LogP) is 7.55. The third kappa shape index (κ3) is 9.10. The molecule has 0 aliphatic rings. The van der Waals surface area contributed by atoms with Crippen LogP contribution in [0.2, 0.25) is 0 Å². The quantitative estimate of drug-likeness (QED) is 0.317. The summed E-state index contributed by atoms with van der Waals surface area (Å²) in [6.07, 6.45) is 8.25. The van der Waals surface area contributed by atoms with Crippen molar-refractivity contribution in [2.24, 2.45) is 0 Å². The fourth-order valence-electron chi connectivity index (χ4n) is 2.66. The van der Waals surface area contributed by atoms with Gasteiger partial charge in [0.1, 0.15) is 0 Å². The van der Waals surface area contributed by atoms with E-state index in [0.29, 0.717) is 0 Å². The summed E-state index contributed by atoms with van der Waals surface area (Å²) in [5.41, 5.74) is 3.05. The maximum Gasteiger partial charge on any atom is -0.00731 e. The standard InChI is InChI=1S/C20H28P2.2BrH/c1-3-21(17-19-11-7-5-8-12-19)15-16-22(4-2)18-20-13-9-6-10-14-20;;/h5-14H,3-4,15-18H2,1-2H3;2*1H. The first-order valence-corrected chi connectivity index (χ1v) is 12.1. The Bertz CT molecular complexity index is 470. The van der Waals surface area contributed by atoms with Crippen molar-refractivity contribution in [2.75, 3.05) is 24.6 Å². The minimum absolute atomic E-state index is 0. The van der Waals surface area contributed by atoms with Gasteiger partial charge < -0.3 is 0 Å². The number of hydrogen-bond donors (Lipinski definition) is 0. The first kappa shape index (κ1) is 24.3. The van der Waals surface area contributed by atoms with Gasteiger partial charge >= 0.3 is 0 Å². The van der Waals surface area contributed by atoms with Crippen molar-refractivity contribution in [1.29, 1.82) is 0 Å². The van der Waals surface area contributed by atoms with Crippen LogP contribution in [0.4, 0.5) is 0 Å². The summed E-state index contributed by atoms with van der Waals surface area (Å²) in [5.74, 6) is 0. The summed E-state index contributed by atoms with van der Waals surface area (Å²) < 4.78 is 0. The third-order valence-corrected chi connectivity index (χ3v) is 9.60. The van der Waals surface area contributed by atoms with Crippen molar-refractivity contribution in [2.45, 2.75) is 26.2 Å². The Morgan fingerprint density at radius 2 is 0.917 bits per heavy atom. The van der Waals surface area contributed by atoms with Gasteiger partial charge in [-0.1, -0.05) is 74.5 Å². The second kappa shape index (κ2) is 14.4. The van der Waals surface area contributed by atoms with Gasteiger partial charge in [-0.25, -0.2) is 0 Å². The molecule has 2 atom stereocenters. The maximum atomic E-state index is 2.38. The Morgan fingerprint density at radius 1 is 0.583 bits per heavy atom. The summed E-state index contributed by atoms with van der Waals surface area (Å²) in [6.45, 7) is 4.75. The molecule has 0 N–H and O–H groups in total. The molecule has 0 aliphatic heterocycles. The van der Waals surface area contributed by atoms with E-state index in [1.54, 1.807) is 0 Å². The summed E-state index contributed by atoms with van der Waals surface area (Å²) in [7, 11) is 0.337. The van der Waals surface area contributed by atoms with Crippen LogP contribution in [-0.2, 0) is 12.3 Å². The van der Waals surface area contributed by atoms with Gasteiger partial charge in [0.15, 0.2) is 0 Å². The average molecular weight is 492 g/mol. The van der Waals surface area contributed by atoms with Crippen LogP contribution >= 0.6 is 49.8 Å². The fourth-order valence-corrected chi connectivity index (χ4v) is 7.78. The van der Waals surface area contributed by atoms with E-state index in [0.717, 1.165) is 0 Å². The lowest BCUT2D eigenvalue weighted by Gasteiger charge is -2.21. The van der Waals surface area contributed by atoms with Crippen molar-refractivity contribution in [3.05, 3.63) is 71.8 Å². The van der Waals surface area contributed by atoms with E-state index in [4.69, 9.17) is 0 Å². The lowest BCUT2D eigenvalue weighted by Crippen LogP contribution is -1.99. The summed E-state index contributed by atoms with van der Waals surface area (Å²) in [5, 5.41) is 0. The second-order valence-electron chi connectivity index (χ2n) is 5.71. The molecule has 0 saturated heterocycles. The van der Waals surface area contributed by atoms with Crippen LogP contribution in [0.15, 0.2) is 60.7 Å². The van der Waals surface area contributed by atoms with Crippen molar-refractivity contribution in [1.82, 2.24) is 0 Å². The van der Waals surface area contributed by atoms with Crippen LogP contribution in [0, 0.1) is 0 Å². The minimum Gasteiger partial charge on any atom is -0.114 e. The van der Waals surface area contributed by atoms with E-state index in [2.05, 4.69) is 74.5 Å². The molecule has 2 unspecified atom stereocenters. The number of hydrogen-bond acceptors (Lipinski definition) is 0. The minimum atomic E-state index is 0. The van der Waals surface area contributed by atoms with E-state index in [9.17, 15) is 0 Å². The highest BCUT2D eigenvalue weighted by atomic mass is 79.9. The molecular formula is C20H30Br2P2. The molecule has 0 bridgehead atoms. The SMILES string of the molecule is Br.Br.CCP(CCP(CC)Cc1ccccc1)Cc1ccccc1. The van der Waals surface area contributed by atoms with Gasteiger partial charge in [0, 0.05) is 0 Å². The third-order valence-electron chi connectivity index (χ3n) is 4.12. The lowest BCUT2D eigenvalue weighted by atomic mass is 10.2. The van der Waals surface area contributed by atoms with Crippen LogP contribution in [-0.4, -0.2) is 24.6 Å². The molecule has 134 valence electrons. The number of rotatable bonds is 9. The summed E-state index contributed by atoms with van der Waals surface area (Å²) in [4.78, 5) is 0. The summed E-state index contributed by atoms with van der Waals surface area (Å²) >= 11 is 0. The largest absolute Gasteiger partial charge is 0.114 e. The van der Waals surface area contributed by atoms with Crippen molar-refractivity contribution < 1.29 is 0 Å². The average Bonchev–Trinajstić information content (AvgIpc) is 2.59. The molecule has 0 spiro atoms. The van der Waals surface area contributed by atoms with E-state index >= 15 is 0 Å². The van der Waals surface area contributed by atoms with Crippen LogP contribution < -0.4 is 0 Å². The van der Waals surface area contributed by atoms with E-state index in [1.165, 1.54) is 48.1 Å². The first-order chi connectivity index (χ1) is 10.8. The molecule has 0 aromatic heterocycles. The van der Waals surface area contributed by atoms with Crippen LogP contribution in [0.25, 0.3) is 0 Å². The molecule has 0 amide bonds. The normalized spacial score (nSPS) is 12.6. The Labute approximate surface area is 171 Å². The molecule has 24 heavy (non-hydrogen) atoms. The molecule has 0 saturated carbocycles. The van der Waals surface area contributed by atoms with Crippen molar-refractivity contribution >= 4 is 49.8 Å². The van der Waals surface area contributed by atoms with Gasteiger partial charge in [0.2, 0.25) is 0 Å². The monoisotopic (exact) mass is 490 g/mol. The highest BCUT2D eigenvalue weighted by Crippen LogP contribution is 2.46. The molecule has 0 radical (unpaired) electrons. The molecule has 0 fully saturated rings. The van der Waals surface area contributed by atoms with Crippen LogP contribution in [0.5, 0.6) is 0 Å². The Balaban J connectivity index is 0.00000264. The zero-order valence-corrected chi connectivity index (χ0v) is 19.9. The van der Waals surface area contributed by atoms with Crippen molar-refractivity contribution in [3.8, 4) is 0 Å². The Kier molecular flexibility index (Phi) is 14.6. The van der Waals surface area contributed by atoms with Gasteiger partial charge in [0.25, 0.3) is 0 Å². The highest BCUT2D eigenvalue weighted by Gasteiger charge is 2.11. The van der Waals surface area contributed by atoms with Gasteiger partial charge in [-0.3, -0.25) is 0 Å².